The van der Waals surface area contributed by atoms with Crippen LogP contribution in [0.5, 0.6) is 0 Å². The van der Waals surface area contributed by atoms with Gasteiger partial charge in [0.1, 0.15) is 0 Å². The summed E-state index contributed by atoms with van der Waals surface area (Å²) in [7, 11) is 0. The van der Waals surface area contributed by atoms with Gasteiger partial charge in [0.25, 0.3) is 5.69 Å². The maximum absolute atomic E-state index is 10.9. The second-order valence-electron chi connectivity index (χ2n) is 7.70. The van der Waals surface area contributed by atoms with Crippen molar-refractivity contribution < 1.29 is 9.66 Å². The number of non-ortho nitro benzene ring substituents is 1. The molecule has 10 nitrogen and oxygen atoms in total. The van der Waals surface area contributed by atoms with Gasteiger partial charge in [-0.05, 0) is 18.1 Å². The Hall–Kier alpha value is -2.54. The Labute approximate surface area is 204 Å². The Morgan fingerprint density at radius 2 is 1.91 bits per heavy atom. The number of nitro groups is 1. The van der Waals surface area contributed by atoms with Gasteiger partial charge in [-0.3, -0.25) is 10.1 Å². The number of hydrogen-bond donors (Lipinski definition) is 1. The van der Waals surface area contributed by atoms with Crippen LogP contribution in [0.25, 0.3) is 0 Å². The molecular formula is C21H28IN7O3. The van der Waals surface area contributed by atoms with E-state index in [1.807, 2.05) is 6.07 Å². The van der Waals surface area contributed by atoms with Crippen molar-refractivity contribution in [3.63, 3.8) is 0 Å². The molecule has 1 N–H and O–H groups in total. The van der Waals surface area contributed by atoms with Crippen LogP contribution in [0, 0.1) is 16.0 Å². The van der Waals surface area contributed by atoms with Gasteiger partial charge in [0.05, 0.1) is 18.1 Å². The minimum atomic E-state index is -0.389. The van der Waals surface area contributed by atoms with Crippen molar-refractivity contribution in [1.82, 2.24) is 20.2 Å². The van der Waals surface area contributed by atoms with Crippen molar-refractivity contribution in [3.05, 3.63) is 58.4 Å². The van der Waals surface area contributed by atoms with E-state index in [0.29, 0.717) is 12.5 Å². The molecule has 1 unspecified atom stereocenters. The Morgan fingerprint density at radius 1 is 1.19 bits per heavy atom. The summed E-state index contributed by atoms with van der Waals surface area (Å²) < 4.78 is 5.49. The Morgan fingerprint density at radius 3 is 2.53 bits per heavy atom. The van der Waals surface area contributed by atoms with Crippen LogP contribution in [0.3, 0.4) is 0 Å². The molecule has 32 heavy (non-hydrogen) atoms. The molecule has 0 amide bonds. The molecule has 0 saturated carbocycles. The lowest BCUT2D eigenvalue weighted by molar-refractivity contribution is -0.384. The second-order valence-corrected chi connectivity index (χ2v) is 7.70. The fourth-order valence-electron chi connectivity index (χ4n) is 3.71. The summed E-state index contributed by atoms with van der Waals surface area (Å²) in [5, 5.41) is 14.4. The van der Waals surface area contributed by atoms with Crippen LogP contribution in [0.2, 0.25) is 0 Å². The summed E-state index contributed by atoms with van der Waals surface area (Å²) in [6.45, 7) is 6.13. The maximum Gasteiger partial charge on any atom is 0.269 e. The fraction of sp³-hybridized carbons (Fsp3) is 0.476. The average molecular weight is 553 g/mol. The lowest BCUT2D eigenvalue weighted by atomic mass is 10.1. The number of anilines is 1. The van der Waals surface area contributed by atoms with Gasteiger partial charge < -0.3 is 19.9 Å². The Kier molecular flexibility index (Phi) is 8.97. The van der Waals surface area contributed by atoms with Crippen LogP contribution in [0.1, 0.15) is 12.0 Å². The first-order valence-corrected chi connectivity index (χ1v) is 10.6. The van der Waals surface area contributed by atoms with Gasteiger partial charge in [0.2, 0.25) is 5.95 Å². The number of hydrogen-bond acceptors (Lipinski definition) is 7. The van der Waals surface area contributed by atoms with Crippen molar-refractivity contribution in [2.24, 2.45) is 10.9 Å². The quantitative estimate of drug-likeness (QED) is 0.191. The molecule has 2 saturated heterocycles. The van der Waals surface area contributed by atoms with Crippen LogP contribution in [0.15, 0.2) is 47.7 Å². The number of nitrogens with one attached hydrogen (secondary N) is 1. The molecule has 172 valence electrons. The highest BCUT2D eigenvalue weighted by Gasteiger charge is 2.23. The molecule has 2 aromatic rings. The first kappa shape index (κ1) is 24.1. The Bertz CT molecular complexity index is 884. The van der Waals surface area contributed by atoms with Crippen molar-refractivity contribution in [3.8, 4) is 0 Å². The summed E-state index contributed by atoms with van der Waals surface area (Å²) in [5.74, 6) is 2.10. The molecule has 2 aliphatic rings. The smallest absolute Gasteiger partial charge is 0.269 e. The topological polar surface area (TPSA) is 109 Å². The number of nitro benzene ring substituents is 1. The first-order chi connectivity index (χ1) is 15.2. The third kappa shape index (κ3) is 6.48. The summed E-state index contributed by atoms with van der Waals surface area (Å²) in [4.78, 5) is 28.4. The summed E-state index contributed by atoms with van der Waals surface area (Å²) in [5.41, 5.74) is 1.02. The number of halogens is 1. The number of piperazine rings is 1. The van der Waals surface area contributed by atoms with Crippen molar-refractivity contribution in [2.75, 3.05) is 50.8 Å². The number of guanidine groups is 1. The molecule has 2 fully saturated rings. The number of nitrogens with zero attached hydrogens (tertiary/aromatic N) is 6. The average Bonchev–Trinajstić information content (AvgIpc) is 3.34. The van der Waals surface area contributed by atoms with E-state index in [1.54, 1.807) is 24.5 Å². The number of ether oxygens (including phenoxy) is 1. The molecule has 4 rings (SSSR count). The van der Waals surface area contributed by atoms with E-state index >= 15 is 0 Å². The normalized spacial score (nSPS) is 18.9. The minimum Gasteiger partial charge on any atom is -0.381 e. The monoisotopic (exact) mass is 553 g/mol. The number of benzene rings is 1. The summed E-state index contributed by atoms with van der Waals surface area (Å²) >= 11 is 0. The zero-order valence-corrected chi connectivity index (χ0v) is 20.1. The molecule has 1 aromatic heterocycles. The SMILES string of the molecule is I.O=[N+]([O-])c1ccc(CN=C(NCC2CCOC2)N2CCN(c3ncccn3)CC2)cc1. The summed E-state index contributed by atoms with van der Waals surface area (Å²) in [6, 6.07) is 8.38. The first-order valence-electron chi connectivity index (χ1n) is 10.6. The third-order valence-corrected chi connectivity index (χ3v) is 5.55. The maximum atomic E-state index is 10.9. The standard InChI is InChI=1S/C21H27N7O3.HI/c29-28(30)19-4-2-17(3-5-19)14-24-21(25-15-18-6-13-31-16-18)27-11-9-26(10-12-27)20-22-7-1-8-23-20;/h1-5,7-8,18H,6,9-16H2,(H,24,25);1H. The van der Waals surface area contributed by atoms with Crippen LogP contribution >= 0.6 is 24.0 Å². The number of rotatable bonds is 6. The molecule has 0 aliphatic carbocycles. The molecule has 0 spiro atoms. The van der Waals surface area contributed by atoms with Crippen molar-refractivity contribution in [1.29, 1.82) is 0 Å². The van der Waals surface area contributed by atoms with E-state index in [4.69, 9.17) is 9.73 Å². The lowest BCUT2D eigenvalue weighted by Crippen LogP contribution is -2.53. The largest absolute Gasteiger partial charge is 0.381 e. The van der Waals surface area contributed by atoms with Gasteiger partial charge >= 0.3 is 0 Å². The minimum absolute atomic E-state index is 0. The molecule has 3 heterocycles. The third-order valence-electron chi connectivity index (χ3n) is 5.55. The van der Waals surface area contributed by atoms with E-state index in [-0.39, 0.29) is 34.6 Å². The fourth-order valence-corrected chi connectivity index (χ4v) is 3.71. The van der Waals surface area contributed by atoms with Crippen LogP contribution < -0.4 is 10.2 Å². The van der Waals surface area contributed by atoms with Gasteiger partial charge in [-0.25, -0.2) is 15.0 Å². The number of aliphatic imine (C=N–C) groups is 1. The Balaban J connectivity index is 0.00000289. The van der Waals surface area contributed by atoms with Crippen LogP contribution in [-0.2, 0) is 11.3 Å². The molecule has 1 atom stereocenters. The van der Waals surface area contributed by atoms with E-state index in [9.17, 15) is 10.1 Å². The van der Waals surface area contributed by atoms with Gasteiger partial charge in [-0.1, -0.05) is 12.1 Å². The van der Waals surface area contributed by atoms with E-state index in [2.05, 4.69) is 25.1 Å². The van der Waals surface area contributed by atoms with Gasteiger partial charge in [0, 0.05) is 69.8 Å². The van der Waals surface area contributed by atoms with Gasteiger partial charge in [0.15, 0.2) is 5.96 Å². The zero-order valence-electron chi connectivity index (χ0n) is 17.8. The molecule has 1 aromatic carbocycles. The molecule has 0 bridgehead atoms. The lowest BCUT2D eigenvalue weighted by Gasteiger charge is -2.36. The predicted molar refractivity (Wildman–Crippen MR) is 132 cm³/mol. The highest BCUT2D eigenvalue weighted by molar-refractivity contribution is 14.0. The highest BCUT2D eigenvalue weighted by Crippen LogP contribution is 2.15. The number of aromatic nitrogens is 2. The van der Waals surface area contributed by atoms with Crippen molar-refractivity contribution in [2.45, 2.75) is 13.0 Å². The highest BCUT2D eigenvalue weighted by atomic mass is 127. The van der Waals surface area contributed by atoms with Gasteiger partial charge in [-0.2, -0.15) is 0 Å². The summed E-state index contributed by atoms with van der Waals surface area (Å²) in [6.07, 6.45) is 4.58. The van der Waals surface area contributed by atoms with Gasteiger partial charge in [-0.15, -0.1) is 24.0 Å². The molecule has 0 radical (unpaired) electrons. The molecule has 11 heteroatoms. The predicted octanol–water partition coefficient (Wildman–Crippen LogP) is 2.31. The van der Waals surface area contributed by atoms with Crippen molar-refractivity contribution >= 4 is 41.6 Å². The second kappa shape index (κ2) is 11.9. The van der Waals surface area contributed by atoms with E-state index in [1.165, 1.54) is 12.1 Å². The van der Waals surface area contributed by atoms with Crippen LogP contribution in [0.4, 0.5) is 11.6 Å². The van der Waals surface area contributed by atoms with E-state index < -0.39 is 0 Å². The molecular weight excluding hydrogens is 525 g/mol. The van der Waals surface area contributed by atoms with Crippen LogP contribution in [-0.4, -0.2) is 71.7 Å². The zero-order chi connectivity index (χ0) is 21.5. The molecule has 2 aliphatic heterocycles. The van der Waals surface area contributed by atoms with E-state index in [0.717, 1.165) is 69.8 Å².